The monoisotopic (exact) mass is 208 g/mol. The van der Waals surface area contributed by atoms with Crippen molar-refractivity contribution in [2.75, 3.05) is 0 Å². The van der Waals surface area contributed by atoms with Crippen molar-refractivity contribution in [3.05, 3.63) is 35.4 Å². The third-order valence-electron chi connectivity index (χ3n) is 2.34. The number of hydrogen-bond donors (Lipinski definition) is 0. The molecule has 0 fully saturated rings. The van der Waals surface area contributed by atoms with Crippen LogP contribution in [0, 0.1) is 0 Å². The Bertz CT molecular complexity index is 518. The third-order valence-corrected chi connectivity index (χ3v) is 3.13. The zero-order chi connectivity index (χ0) is 10.1. The molecule has 0 radical (unpaired) electrons. The summed E-state index contributed by atoms with van der Waals surface area (Å²) in [6, 6.07) is 7.13. The largest absolute Gasteiger partial charge is 0.288 e. The van der Waals surface area contributed by atoms with E-state index in [9.17, 15) is 13.2 Å². The van der Waals surface area contributed by atoms with Crippen LogP contribution in [0.4, 0.5) is 0 Å². The van der Waals surface area contributed by atoms with Crippen molar-refractivity contribution in [2.45, 2.75) is 12.8 Å². The van der Waals surface area contributed by atoms with Gasteiger partial charge in [-0.3, -0.25) is 4.79 Å². The van der Waals surface area contributed by atoms with E-state index in [-0.39, 0.29) is 10.6 Å². The lowest BCUT2D eigenvalue weighted by molar-refractivity contribution is 0.106. The minimum Gasteiger partial charge on any atom is -0.288 e. The zero-order valence-corrected chi connectivity index (χ0v) is 8.17. The number of ketones is 1. The molecule has 4 heteroatoms. The number of aryl methyl sites for hydroxylation is 1. The van der Waals surface area contributed by atoms with Gasteiger partial charge in [-0.2, -0.15) is 8.42 Å². The molecule has 0 N–H and O–H groups in total. The molecule has 0 spiro atoms. The van der Waals surface area contributed by atoms with Crippen molar-refractivity contribution in [1.29, 1.82) is 0 Å². The second-order valence-electron chi connectivity index (χ2n) is 3.14. The quantitative estimate of drug-likeness (QED) is 0.594. The van der Waals surface area contributed by atoms with Crippen molar-refractivity contribution < 1.29 is 13.2 Å². The van der Waals surface area contributed by atoms with Crippen molar-refractivity contribution in [2.24, 2.45) is 0 Å². The first-order chi connectivity index (χ1) is 6.70. The highest BCUT2D eigenvalue weighted by Gasteiger charge is 2.23. The Morgan fingerprint density at radius 2 is 1.79 bits per heavy atom. The number of carbonyl (C=O) groups excluding carboxylic acids is 1. The summed E-state index contributed by atoms with van der Waals surface area (Å²) in [5, 5.41) is 0. The average molecular weight is 208 g/mol. The first kappa shape index (κ1) is 9.15. The summed E-state index contributed by atoms with van der Waals surface area (Å²) in [7, 11) is -2.37. The Morgan fingerprint density at radius 3 is 2.50 bits per heavy atom. The van der Waals surface area contributed by atoms with Crippen molar-refractivity contribution in [3.8, 4) is 0 Å². The van der Waals surface area contributed by atoms with Gasteiger partial charge in [0.25, 0.3) is 0 Å². The van der Waals surface area contributed by atoms with Crippen LogP contribution in [0.2, 0.25) is 0 Å². The van der Waals surface area contributed by atoms with Crippen LogP contribution < -0.4 is 0 Å². The first-order valence-corrected chi connectivity index (χ1v) is 5.35. The molecule has 0 unspecified atom stereocenters. The molecule has 0 atom stereocenters. The molecule has 1 aliphatic rings. The summed E-state index contributed by atoms with van der Waals surface area (Å²) in [4.78, 5) is 11.6. The molecule has 0 aromatic heterocycles. The average Bonchev–Trinajstić information content (AvgIpc) is 2.18. The van der Waals surface area contributed by atoms with E-state index in [0.29, 0.717) is 18.4 Å². The van der Waals surface area contributed by atoms with E-state index >= 15 is 0 Å². The maximum absolute atomic E-state index is 11.6. The fourth-order valence-electron chi connectivity index (χ4n) is 1.63. The van der Waals surface area contributed by atoms with E-state index in [1.54, 1.807) is 12.1 Å². The van der Waals surface area contributed by atoms with Crippen molar-refractivity contribution in [3.63, 3.8) is 0 Å². The van der Waals surface area contributed by atoms with Gasteiger partial charge in [0.05, 0.1) is 0 Å². The van der Waals surface area contributed by atoms with Crippen LogP contribution >= 0.6 is 0 Å². The molecular formula is C10H8O3S. The molecular weight excluding hydrogens is 200 g/mol. The van der Waals surface area contributed by atoms with Crippen LogP contribution in [-0.2, 0) is 16.7 Å². The molecule has 14 heavy (non-hydrogen) atoms. The maximum Gasteiger partial charge on any atom is 0.221 e. The minimum absolute atomic E-state index is 0.00343. The highest BCUT2D eigenvalue weighted by Crippen LogP contribution is 2.18. The highest BCUT2D eigenvalue weighted by molar-refractivity contribution is 7.74. The minimum atomic E-state index is -2.37. The summed E-state index contributed by atoms with van der Waals surface area (Å²) in [5.41, 5.74) is 1.46. The predicted molar refractivity (Wildman–Crippen MR) is 53.0 cm³/mol. The summed E-state index contributed by atoms with van der Waals surface area (Å²) in [6.07, 6.45) is 0.956. The maximum atomic E-state index is 11.6. The smallest absolute Gasteiger partial charge is 0.221 e. The number of carbonyl (C=O) groups is 1. The van der Waals surface area contributed by atoms with Gasteiger partial charge in [0.15, 0.2) is 0 Å². The topological polar surface area (TPSA) is 51.2 Å². The lowest BCUT2D eigenvalue weighted by Crippen LogP contribution is -2.23. The van der Waals surface area contributed by atoms with E-state index in [1.165, 1.54) is 0 Å². The Morgan fingerprint density at radius 1 is 1.07 bits per heavy atom. The molecule has 0 aliphatic heterocycles. The number of Topliss-reactive ketones (excluding diaryl/α,β-unsaturated/α-hetero) is 1. The van der Waals surface area contributed by atoms with E-state index in [4.69, 9.17) is 0 Å². The number of hydrogen-bond acceptors (Lipinski definition) is 3. The fraction of sp³-hybridized carbons (Fsp3) is 0.200. The van der Waals surface area contributed by atoms with Crippen molar-refractivity contribution in [1.82, 2.24) is 0 Å². The van der Waals surface area contributed by atoms with Crippen LogP contribution in [0.3, 0.4) is 0 Å². The molecule has 0 amide bonds. The van der Waals surface area contributed by atoms with Crippen LogP contribution in [0.1, 0.15) is 22.3 Å². The summed E-state index contributed by atoms with van der Waals surface area (Å²) >= 11 is 0. The van der Waals surface area contributed by atoms with Gasteiger partial charge in [-0.25, -0.2) is 0 Å². The van der Waals surface area contributed by atoms with Gasteiger partial charge in [-0.15, -0.1) is 0 Å². The lowest BCUT2D eigenvalue weighted by Gasteiger charge is -2.13. The molecule has 1 aliphatic carbocycles. The van der Waals surface area contributed by atoms with Crippen LogP contribution in [0.25, 0.3) is 0 Å². The number of fused-ring (bicyclic) bond motifs is 1. The summed E-state index contributed by atoms with van der Waals surface area (Å²) in [6.45, 7) is 0. The zero-order valence-electron chi connectivity index (χ0n) is 7.36. The molecule has 1 aromatic rings. The SMILES string of the molecule is O=C1C(=S(=O)=O)CCc2ccccc21. The fourth-order valence-corrected chi connectivity index (χ4v) is 2.16. The summed E-state index contributed by atoms with van der Waals surface area (Å²) in [5.74, 6) is -0.347. The van der Waals surface area contributed by atoms with E-state index in [0.717, 1.165) is 5.56 Å². The van der Waals surface area contributed by atoms with Gasteiger partial charge in [-0.1, -0.05) is 24.3 Å². The van der Waals surface area contributed by atoms with Crippen LogP contribution in [0.15, 0.2) is 24.3 Å². The Hall–Kier alpha value is -1.42. The predicted octanol–water partition coefficient (Wildman–Crippen LogP) is 0.867. The molecule has 1 aromatic carbocycles. The van der Waals surface area contributed by atoms with E-state index in [1.807, 2.05) is 12.1 Å². The number of rotatable bonds is 0. The Kier molecular flexibility index (Phi) is 2.21. The first-order valence-electron chi connectivity index (χ1n) is 4.28. The lowest BCUT2D eigenvalue weighted by atomic mass is 9.91. The van der Waals surface area contributed by atoms with Gasteiger partial charge in [-0.05, 0) is 18.4 Å². The molecule has 0 saturated heterocycles. The molecule has 0 bridgehead atoms. The second kappa shape index (κ2) is 3.38. The van der Waals surface area contributed by atoms with Gasteiger partial charge in [0.2, 0.25) is 16.1 Å². The second-order valence-corrected chi connectivity index (χ2v) is 4.11. The number of benzene rings is 1. The summed E-state index contributed by atoms with van der Waals surface area (Å²) < 4.78 is 21.4. The third kappa shape index (κ3) is 1.37. The standard InChI is InChI=1S/C10H8O3S/c11-10-8-4-2-1-3-7(8)5-6-9(10)14(12)13/h1-4H,5-6H2. The van der Waals surface area contributed by atoms with Gasteiger partial charge < -0.3 is 0 Å². The highest BCUT2D eigenvalue weighted by atomic mass is 32.2. The normalized spacial score (nSPS) is 15.1. The Labute approximate surface area is 82.9 Å². The molecule has 3 nitrogen and oxygen atoms in total. The van der Waals surface area contributed by atoms with Crippen molar-refractivity contribution >= 4 is 20.9 Å². The van der Waals surface area contributed by atoms with Gasteiger partial charge in [0, 0.05) is 5.56 Å². The van der Waals surface area contributed by atoms with Gasteiger partial charge >= 0.3 is 0 Å². The van der Waals surface area contributed by atoms with Crippen LogP contribution in [0.5, 0.6) is 0 Å². The van der Waals surface area contributed by atoms with E-state index < -0.39 is 10.3 Å². The molecule has 0 heterocycles. The van der Waals surface area contributed by atoms with Crippen LogP contribution in [-0.4, -0.2) is 19.1 Å². The molecule has 2 rings (SSSR count). The molecule has 0 saturated carbocycles. The van der Waals surface area contributed by atoms with E-state index in [2.05, 4.69) is 0 Å². The van der Waals surface area contributed by atoms with Gasteiger partial charge in [0.1, 0.15) is 4.86 Å². The molecule has 72 valence electrons. The Balaban J connectivity index is 2.64.